The molecule has 1 aliphatic heterocycles. The predicted molar refractivity (Wildman–Crippen MR) is 103 cm³/mol. The van der Waals surface area contributed by atoms with Gasteiger partial charge in [0, 0.05) is 17.2 Å². The van der Waals surface area contributed by atoms with Crippen LogP contribution in [0.2, 0.25) is 5.02 Å². The second-order valence-corrected chi connectivity index (χ2v) is 7.94. The topological polar surface area (TPSA) is 82.9 Å². The zero-order valence-electron chi connectivity index (χ0n) is 14.5. The fraction of sp³-hybridized carbons (Fsp3) is 0.412. The Morgan fingerprint density at radius 1 is 1.29 bits per heavy atom. The molecule has 0 radical (unpaired) electrons. The lowest BCUT2D eigenvalue weighted by molar-refractivity contribution is -0.137. The molecule has 2 amide bonds. The van der Waals surface area contributed by atoms with Gasteiger partial charge < -0.3 is 10.6 Å². The Bertz CT molecular complexity index is 849. The molecular weight excluding hydrogens is 417 g/mol. The Hall–Kier alpha value is -2.07. The highest BCUT2D eigenvalue weighted by atomic mass is 35.5. The standard InChI is InChI=1S/C17H16ClF3N4O2S/c18-9-5-6-12(11(7-9)17(19,20)21)22-14(26)8-13-15(27)23-16(28-13)25-24-10-3-1-2-4-10/h5-7,13H,1-4,8H2,(H,22,26)(H,23,25,27)/t13-/m0/s1. The van der Waals surface area contributed by atoms with E-state index < -0.39 is 34.5 Å². The summed E-state index contributed by atoms with van der Waals surface area (Å²) in [5.74, 6) is -1.15. The van der Waals surface area contributed by atoms with Crippen LogP contribution < -0.4 is 10.6 Å². The maximum absolute atomic E-state index is 13.1. The molecular formula is C17H16ClF3N4O2S. The number of anilines is 1. The molecule has 1 atom stereocenters. The number of hydrogen-bond donors (Lipinski definition) is 2. The molecule has 1 saturated carbocycles. The summed E-state index contributed by atoms with van der Waals surface area (Å²) in [7, 11) is 0. The molecule has 3 rings (SSSR count). The minimum atomic E-state index is -4.67. The van der Waals surface area contributed by atoms with Gasteiger partial charge in [-0.2, -0.15) is 18.3 Å². The van der Waals surface area contributed by atoms with Crippen LogP contribution in [-0.2, 0) is 15.8 Å². The zero-order valence-corrected chi connectivity index (χ0v) is 16.0. The third kappa shape index (κ3) is 5.26. The summed E-state index contributed by atoms with van der Waals surface area (Å²) >= 11 is 6.65. The van der Waals surface area contributed by atoms with Crippen molar-refractivity contribution in [2.24, 2.45) is 10.2 Å². The molecule has 1 aliphatic carbocycles. The van der Waals surface area contributed by atoms with Crippen LogP contribution in [0.5, 0.6) is 0 Å². The summed E-state index contributed by atoms with van der Waals surface area (Å²) in [4.78, 5) is 24.2. The Morgan fingerprint density at radius 2 is 2.00 bits per heavy atom. The fourth-order valence-electron chi connectivity index (χ4n) is 2.82. The van der Waals surface area contributed by atoms with Crippen LogP contribution in [0.4, 0.5) is 18.9 Å². The normalized spacial score (nSPS) is 21.1. The third-order valence-electron chi connectivity index (χ3n) is 4.17. The molecule has 1 aromatic rings. The highest BCUT2D eigenvalue weighted by Gasteiger charge is 2.36. The molecule has 2 aliphatic rings. The van der Waals surface area contributed by atoms with E-state index in [-0.39, 0.29) is 16.6 Å². The third-order valence-corrected chi connectivity index (χ3v) is 5.48. The average Bonchev–Trinajstić information content (AvgIpc) is 3.24. The summed E-state index contributed by atoms with van der Waals surface area (Å²) in [6, 6.07) is 3.06. The van der Waals surface area contributed by atoms with Gasteiger partial charge in [-0.1, -0.05) is 23.4 Å². The van der Waals surface area contributed by atoms with E-state index in [1.54, 1.807) is 0 Å². The second-order valence-electron chi connectivity index (χ2n) is 6.31. The molecule has 2 fully saturated rings. The van der Waals surface area contributed by atoms with Gasteiger partial charge >= 0.3 is 6.18 Å². The van der Waals surface area contributed by atoms with Gasteiger partial charge in [-0.3, -0.25) is 9.59 Å². The number of carbonyl (C=O) groups is 2. The first-order chi connectivity index (χ1) is 13.2. The number of nitrogens with one attached hydrogen (secondary N) is 2. The molecule has 0 unspecified atom stereocenters. The van der Waals surface area contributed by atoms with Crippen LogP contribution in [0.1, 0.15) is 37.7 Å². The Kier molecular flexibility index (Phi) is 6.29. The number of amides is 2. The van der Waals surface area contributed by atoms with E-state index in [1.165, 1.54) is 6.07 Å². The minimum Gasteiger partial charge on any atom is -0.325 e. The number of benzene rings is 1. The Morgan fingerprint density at radius 3 is 2.68 bits per heavy atom. The maximum Gasteiger partial charge on any atom is 0.418 e. The predicted octanol–water partition coefficient (Wildman–Crippen LogP) is 4.21. The molecule has 0 bridgehead atoms. The van der Waals surface area contributed by atoms with Gasteiger partial charge in [0.1, 0.15) is 5.25 Å². The van der Waals surface area contributed by atoms with E-state index >= 15 is 0 Å². The number of alkyl halides is 3. The van der Waals surface area contributed by atoms with Crippen molar-refractivity contribution >= 4 is 51.7 Å². The molecule has 1 saturated heterocycles. The minimum absolute atomic E-state index is 0.0965. The maximum atomic E-state index is 13.1. The van der Waals surface area contributed by atoms with E-state index in [0.29, 0.717) is 0 Å². The van der Waals surface area contributed by atoms with Crippen molar-refractivity contribution in [1.29, 1.82) is 0 Å². The van der Waals surface area contributed by atoms with Gasteiger partial charge in [-0.15, -0.1) is 5.10 Å². The van der Waals surface area contributed by atoms with Gasteiger partial charge in [0.2, 0.25) is 11.8 Å². The molecule has 0 aromatic heterocycles. The van der Waals surface area contributed by atoms with E-state index in [1.807, 2.05) is 0 Å². The number of halogens is 4. The highest BCUT2D eigenvalue weighted by molar-refractivity contribution is 8.15. The number of carbonyl (C=O) groups excluding carboxylic acids is 2. The lowest BCUT2D eigenvalue weighted by Crippen LogP contribution is -2.28. The molecule has 1 aromatic carbocycles. The van der Waals surface area contributed by atoms with E-state index in [2.05, 4.69) is 20.8 Å². The van der Waals surface area contributed by atoms with Crippen LogP contribution in [0.15, 0.2) is 28.4 Å². The fourth-order valence-corrected chi connectivity index (χ4v) is 3.91. The van der Waals surface area contributed by atoms with Gasteiger partial charge in [0.25, 0.3) is 0 Å². The van der Waals surface area contributed by atoms with Crippen LogP contribution in [0.3, 0.4) is 0 Å². The first-order valence-electron chi connectivity index (χ1n) is 8.50. The summed E-state index contributed by atoms with van der Waals surface area (Å²) in [5, 5.41) is 12.2. The summed E-state index contributed by atoms with van der Waals surface area (Å²) in [6.45, 7) is 0. The Labute approximate surface area is 168 Å². The lowest BCUT2D eigenvalue weighted by atomic mass is 10.1. The molecule has 1 heterocycles. The van der Waals surface area contributed by atoms with Gasteiger partial charge in [0.05, 0.1) is 11.3 Å². The SMILES string of the molecule is O=C(C[C@@H]1S/C(=N/N=C2CCCC2)NC1=O)Nc1ccc(Cl)cc1C(F)(F)F. The van der Waals surface area contributed by atoms with E-state index in [9.17, 15) is 22.8 Å². The van der Waals surface area contributed by atoms with Crippen molar-refractivity contribution in [3.05, 3.63) is 28.8 Å². The van der Waals surface area contributed by atoms with Crippen molar-refractivity contribution < 1.29 is 22.8 Å². The van der Waals surface area contributed by atoms with Gasteiger partial charge in [-0.05, 0) is 43.9 Å². The molecule has 150 valence electrons. The number of nitrogens with zero attached hydrogens (tertiary/aromatic N) is 2. The van der Waals surface area contributed by atoms with Crippen LogP contribution in [-0.4, -0.2) is 27.9 Å². The van der Waals surface area contributed by atoms with Crippen LogP contribution in [0, 0.1) is 0 Å². The highest BCUT2D eigenvalue weighted by Crippen LogP contribution is 2.36. The number of thioether (sulfide) groups is 1. The van der Waals surface area contributed by atoms with Crippen molar-refractivity contribution in [3.8, 4) is 0 Å². The van der Waals surface area contributed by atoms with E-state index in [4.69, 9.17) is 11.6 Å². The Balaban J connectivity index is 1.63. The number of rotatable bonds is 4. The van der Waals surface area contributed by atoms with Gasteiger partial charge in [0.15, 0.2) is 5.17 Å². The number of hydrogen-bond acceptors (Lipinski definition) is 5. The zero-order chi connectivity index (χ0) is 20.3. The molecule has 11 heteroatoms. The summed E-state index contributed by atoms with van der Waals surface area (Å²) in [6.07, 6.45) is -1.08. The van der Waals surface area contributed by atoms with Crippen LogP contribution >= 0.6 is 23.4 Å². The number of amidine groups is 1. The van der Waals surface area contributed by atoms with Crippen molar-refractivity contribution in [1.82, 2.24) is 5.32 Å². The molecule has 2 N–H and O–H groups in total. The monoisotopic (exact) mass is 432 g/mol. The van der Waals surface area contributed by atoms with Crippen molar-refractivity contribution in [3.63, 3.8) is 0 Å². The second kappa shape index (κ2) is 8.52. The quantitative estimate of drug-likeness (QED) is 0.699. The average molecular weight is 433 g/mol. The largest absolute Gasteiger partial charge is 0.418 e. The van der Waals surface area contributed by atoms with Crippen LogP contribution in [0.25, 0.3) is 0 Å². The van der Waals surface area contributed by atoms with Crippen molar-refractivity contribution in [2.45, 2.75) is 43.5 Å². The molecule has 0 spiro atoms. The summed E-state index contributed by atoms with van der Waals surface area (Å²) < 4.78 is 39.3. The first-order valence-corrected chi connectivity index (χ1v) is 9.75. The smallest absolute Gasteiger partial charge is 0.325 e. The summed E-state index contributed by atoms with van der Waals surface area (Å²) in [5.41, 5.74) is -0.496. The van der Waals surface area contributed by atoms with Crippen molar-refractivity contribution in [2.75, 3.05) is 5.32 Å². The molecule has 6 nitrogen and oxygen atoms in total. The first kappa shape index (κ1) is 20.7. The van der Waals surface area contributed by atoms with Gasteiger partial charge in [-0.25, -0.2) is 0 Å². The molecule has 28 heavy (non-hydrogen) atoms. The lowest BCUT2D eigenvalue weighted by Gasteiger charge is -2.14. The van der Waals surface area contributed by atoms with E-state index in [0.717, 1.165) is 55.3 Å².